The Bertz CT molecular complexity index is 698. The molecule has 0 aliphatic carbocycles. The molecule has 2 rings (SSSR count). The molecule has 0 spiro atoms. The Labute approximate surface area is 144 Å². The van der Waals surface area contributed by atoms with Crippen LogP contribution in [0.25, 0.3) is 0 Å². The van der Waals surface area contributed by atoms with Crippen LogP contribution in [0.2, 0.25) is 0 Å². The Morgan fingerprint density at radius 2 is 2.04 bits per heavy atom. The van der Waals surface area contributed by atoms with Gasteiger partial charge in [-0.2, -0.15) is 10.2 Å². The van der Waals surface area contributed by atoms with Crippen LogP contribution >= 0.6 is 0 Å². The third-order valence-electron chi connectivity index (χ3n) is 4.26. The predicted molar refractivity (Wildman–Crippen MR) is 94.5 cm³/mol. The highest BCUT2D eigenvalue weighted by Crippen LogP contribution is 2.17. The van der Waals surface area contributed by atoms with Crippen molar-refractivity contribution in [3.8, 4) is 0 Å². The topological polar surface area (TPSA) is 56.0 Å². The summed E-state index contributed by atoms with van der Waals surface area (Å²) in [6, 6.07) is 0. The highest BCUT2D eigenvalue weighted by atomic mass is 16.2. The quantitative estimate of drug-likeness (QED) is 0.783. The number of hydrogen-bond acceptors (Lipinski definition) is 3. The normalized spacial score (nSPS) is 11.3. The van der Waals surface area contributed by atoms with Gasteiger partial charge in [0.15, 0.2) is 0 Å². The summed E-state index contributed by atoms with van der Waals surface area (Å²) in [6.45, 7) is 10.0. The van der Waals surface area contributed by atoms with E-state index < -0.39 is 0 Å². The molecule has 0 aromatic carbocycles. The van der Waals surface area contributed by atoms with E-state index in [0.29, 0.717) is 18.9 Å². The van der Waals surface area contributed by atoms with E-state index in [9.17, 15) is 4.79 Å². The van der Waals surface area contributed by atoms with Crippen LogP contribution in [-0.2, 0) is 31.4 Å². The highest BCUT2D eigenvalue weighted by molar-refractivity contribution is 5.76. The summed E-state index contributed by atoms with van der Waals surface area (Å²) in [5.74, 6) is 0.706. The van der Waals surface area contributed by atoms with Gasteiger partial charge in [-0.25, -0.2) is 0 Å². The zero-order valence-corrected chi connectivity index (χ0v) is 15.7. The fraction of sp³-hybridized carbons (Fsp3) is 0.611. The fourth-order valence-corrected chi connectivity index (χ4v) is 2.96. The molecule has 6 heteroatoms. The van der Waals surface area contributed by atoms with Gasteiger partial charge < -0.3 is 4.90 Å². The number of rotatable bonds is 7. The van der Waals surface area contributed by atoms with Crippen molar-refractivity contribution in [2.75, 3.05) is 7.05 Å². The van der Waals surface area contributed by atoms with Crippen LogP contribution in [0.5, 0.6) is 0 Å². The summed E-state index contributed by atoms with van der Waals surface area (Å²) in [6.07, 6.45) is 4.99. The second-order valence-electron chi connectivity index (χ2n) is 7.00. The molecule has 0 saturated heterocycles. The number of carbonyl (C=O) groups excluding carboxylic acids is 1. The molecule has 0 radical (unpaired) electrons. The molecule has 0 aliphatic rings. The first-order valence-electron chi connectivity index (χ1n) is 8.52. The van der Waals surface area contributed by atoms with Gasteiger partial charge in [-0.05, 0) is 31.7 Å². The lowest BCUT2D eigenvalue weighted by Crippen LogP contribution is -2.26. The van der Waals surface area contributed by atoms with Crippen molar-refractivity contribution in [3.63, 3.8) is 0 Å². The Morgan fingerprint density at radius 1 is 1.33 bits per heavy atom. The summed E-state index contributed by atoms with van der Waals surface area (Å²) < 4.78 is 3.82. The van der Waals surface area contributed by atoms with Gasteiger partial charge in [-0.3, -0.25) is 14.2 Å². The second-order valence-corrected chi connectivity index (χ2v) is 7.00. The molecule has 0 fully saturated rings. The fourth-order valence-electron chi connectivity index (χ4n) is 2.96. The van der Waals surface area contributed by atoms with E-state index in [1.54, 1.807) is 15.8 Å². The van der Waals surface area contributed by atoms with Gasteiger partial charge in [-0.15, -0.1) is 0 Å². The monoisotopic (exact) mass is 331 g/mol. The van der Waals surface area contributed by atoms with Crippen molar-refractivity contribution in [3.05, 3.63) is 34.9 Å². The minimum absolute atomic E-state index is 0.147. The van der Waals surface area contributed by atoms with Gasteiger partial charge in [0.2, 0.25) is 5.91 Å². The molecule has 2 aromatic rings. The number of carbonyl (C=O) groups is 1. The molecular weight excluding hydrogens is 302 g/mol. The SMILES string of the molecule is Cc1nn(CC(C)C)c(C)c1CCC(=O)N(C)Cc1cnn(C)c1. The van der Waals surface area contributed by atoms with Gasteiger partial charge >= 0.3 is 0 Å². The van der Waals surface area contributed by atoms with Crippen molar-refractivity contribution in [2.24, 2.45) is 13.0 Å². The zero-order valence-electron chi connectivity index (χ0n) is 15.7. The van der Waals surface area contributed by atoms with E-state index >= 15 is 0 Å². The van der Waals surface area contributed by atoms with Crippen molar-refractivity contribution in [1.29, 1.82) is 0 Å². The Balaban J connectivity index is 1.94. The molecule has 0 unspecified atom stereocenters. The lowest BCUT2D eigenvalue weighted by atomic mass is 10.1. The molecule has 0 atom stereocenters. The second kappa shape index (κ2) is 7.64. The Kier molecular flexibility index (Phi) is 5.80. The van der Waals surface area contributed by atoms with Crippen molar-refractivity contribution in [2.45, 2.75) is 53.6 Å². The number of aromatic nitrogens is 4. The first kappa shape index (κ1) is 18.2. The average molecular weight is 331 g/mol. The number of nitrogens with zero attached hydrogens (tertiary/aromatic N) is 5. The van der Waals surface area contributed by atoms with Crippen LogP contribution in [0.3, 0.4) is 0 Å². The molecule has 2 heterocycles. The largest absolute Gasteiger partial charge is 0.341 e. The number of amides is 1. The molecule has 6 nitrogen and oxygen atoms in total. The van der Waals surface area contributed by atoms with Crippen molar-refractivity contribution in [1.82, 2.24) is 24.5 Å². The van der Waals surface area contributed by atoms with Crippen LogP contribution < -0.4 is 0 Å². The molecule has 0 N–H and O–H groups in total. The molecule has 0 aliphatic heterocycles. The van der Waals surface area contributed by atoms with Crippen LogP contribution in [0.15, 0.2) is 12.4 Å². The maximum Gasteiger partial charge on any atom is 0.222 e. The maximum absolute atomic E-state index is 12.4. The van der Waals surface area contributed by atoms with E-state index in [4.69, 9.17) is 0 Å². The van der Waals surface area contributed by atoms with Crippen LogP contribution in [-0.4, -0.2) is 37.4 Å². The average Bonchev–Trinajstić information content (AvgIpc) is 3.01. The summed E-state index contributed by atoms with van der Waals surface area (Å²) in [5, 5.41) is 8.76. The first-order chi connectivity index (χ1) is 11.3. The molecule has 0 bridgehead atoms. The first-order valence-corrected chi connectivity index (χ1v) is 8.52. The van der Waals surface area contributed by atoms with Crippen molar-refractivity contribution < 1.29 is 4.79 Å². The van der Waals surface area contributed by atoms with E-state index in [2.05, 4.69) is 35.7 Å². The molecule has 2 aromatic heterocycles. The van der Waals surface area contributed by atoms with Gasteiger partial charge in [-0.1, -0.05) is 13.8 Å². The molecule has 24 heavy (non-hydrogen) atoms. The van der Waals surface area contributed by atoms with Gasteiger partial charge in [0.1, 0.15) is 0 Å². The van der Waals surface area contributed by atoms with Crippen LogP contribution in [0.4, 0.5) is 0 Å². The number of aryl methyl sites for hydroxylation is 2. The summed E-state index contributed by atoms with van der Waals surface area (Å²) in [5.41, 5.74) is 4.48. The van der Waals surface area contributed by atoms with E-state index in [1.165, 1.54) is 11.3 Å². The van der Waals surface area contributed by atoms with Crippen molar-refractivity contribution >= 4 is 5.91 Å². The number of hydrogen-bond donors (Lipinski definition) is 0. The third kappa shape index (κ3) is 4.46. The smallest absolute Gasteiger partial charge is 0.222 e. The van der Waals surface area contributed by atoms with E-state index in [0.717, 1.165) is 24.2 Å². The highest BCUT2D eigenvalue weighted by Gasteiger charge is 2.16. The lowest BCUT2D eigenvalue weighted by molar-refractivity contribution is -0.130. The minimum Gasteiger partial charge on any atom is -0.341 e. The van der Waals surface area contributed by atoms with Crippen LogP contribution in [0.1, 0.15) is 42.8 Å². The molecule has 1 amide bonds. The van der Waals surface area contributed by atoms with E-state index in [-0.39, 0.29) is 5.91 Å². The van der Waals surface area contributed by atoms with E-state index in [1.807, 2.05) is 27.2 Å². The van der Waals surface area contributed by atoms with Gasteiger partial charge in [0.05, 0.1) is 11.9 Å². The maximum atomic E-state index is 12.4. The standard InChI is InChI=1S/C18H29N5O/c1-13(2)10-23-15(4)17(14(3)20-23)7-8-18(24)21(5)11-16-9-19-22(6)12-16/h9,12-13H,7-8,10-11H2,1-6H3. The minimum atomic E-state index is 0.147. The predicted octanol–water partition coefficient (Wildman–Crippen LogP) is 2.48. The lowest BCUT2D eigenvalue weighted by Gasteiger charge is -2.16. The molecular formula is C18H29N5O. The van der Waals surface area contributed by atoms with Gasteiger partial charge in [0, 0.05) is 51.1 Å². The Morgan fingerprint density at radius 3 is 2.62 bits per heavy atom. The van der Waals surface area contributed by atoms with Gasteiger partial charge in [0.25, 0.3) is 0 Å². The summed E-state index contributed by atoms with van der Waals surface area (Å²) in [7, 11) is 3.73. The summed E-state index contributed by atoms with van der Waals surface area (Å²) >= 11 is 0. The Hall–Kier alpha value is -2.11. The zero-order chi connectivity index (χ0) is 17.9. The van der Waals surface area contributed by atoms with Crippen LogP contribution in [0, 0.1) is 19.8 Å². The molecule has 132 valence electrons. The summed E-state index contributed by atoms with van der Waals surface area (Å²) in [4.78, 5) is 14.2. The third-order valence-corrected chi connectivity index (χ3v) is 4.26. The molecule has 0 saturated carbocycles.